The van der Waals surface area contributed by atoms with Crippen LogP contribution >= 0.6 is 11.6 Å². The van der Waals surface area contributed by atoms with E-state index in [-0.39, 0.29) is 0 Å². The maximum absolute atomic E-state index is 11.0. The van der Waals surface area contributed by atoms with Gasteiger partial charge in [-0.15, -0.1) is 0 Å². The van der Waals surface area contributed by atoms with Crippen LogP contribution in [-0.4, -0.2) is 29.4 Å². The quantitative estimate of drug-likeness (QED) is 0.794. The van der Waals surface area contributed by atoms with Gasteiger partial charge in [-0.05, 0) is 17.7 Å². The first-order chi connectivity index (χ1) is 7.06. The molecule has 0 fully saturated rings. The van der Waals surface area contributed by atoms with E-state index in [0.717, 1.165) is 4.90 Å². The molecule has 0 aliphatic heterocycles. The monoisotopic (exact) mass is 227 g/mol. The third-order valence-corrected chi connectivity index (χ3v) is 2.25. The molecule has 15 heavy (non-hydrogen) atoms. The predicted molar refractivity (Wildman–Crippen MR) is 55.7 cm³/mol. The highest BCUT2D eigenvalue weighted by Gasteiger charge is 2.23. The number of carboxylic acids is 1. The zero-order valence-corrected chi connectivity index (χ0v) is 8.81. The van der Waals surface area contributed by atoms with Gasteiger partial charge in [0.2, 0.25) is 6.41 Å². The maximum atomic E-state index is 11.0. The first-order valence-corrected chi connectivity index (χ1v) is 4.59. The van der Waals surface area contributed by atoms with Crippen molar-refractivity contribution < 1.29 is 14.7 Å². The lowest BCUT2D eigenvalue weighted by atomic mass is 10.1. The lowest BCUT2D eigenvalue weighted by Crippen LogP contribution is -2.29. The highest BCUT2D eigenvalue weighted by Crippen LogP contribution is 2.20. The maximum Gasteiger partial charge on any atom is 0.331 e. The van der Waals surface area contributed by atoms with Crippen LogP contribution in [0.5, 0.6) is 0 Å². The fourth-order valence-corrected chi connectivity index (χ4v) is 1.38. The van der Waals surface area contributed by atoms with Gasteiger partial charge < -0.3 is 10.0 Å². The van der Waals surface area contributed by atoms with Gasteiger partial charge in [0, 0.05) is 12.1 Å². The number of carbonyl (C=O) groups excluding carboxylic acids is 1. The van der Waals surface area contributed by atoms with Crippen LogP contribution in [0.3, 0.4) is 0 Å². The van der Waals surface area contributed by atoms with E-state index >= 15 is 0 Å². The van der Waals surface area contributed by atoms with Crippen molar-refractivity contribution in [1.82, 2.24) is 4.90 Å². The summed E-state index contributed by atoms with van der Waals surface area (Å²) in [6, 6.07) is 5.37. The molecular weight excluding hydrogens is 218 g/mol. The number of carbonyl (C=O) groups is 2. The molecule has 1 N–H and O–H groups in total. The number of carboxylic acid groups (broad SMARTS) is 1. The summed E-state index contributed by atoms with van der Waals surface area (Å²) in [5, 5.41) is 9.49. The number of amides is 1. The Morgan fingerprint density at radius 3 is 2.40 bits per heavy atom. The van der Waals surface area contributed by atoms with Crippen molar-refractivity contribution in [2.75, 3.05) is 7.05 Å². The van der Waals surface area contributed by atoms with Gasteiger partial charge >= 0.3 is 5.97 Å². The number of hydrogen-bond acceptors (Lipinski definition) is 2. The van der Waals surface area contributed by atoms with Crippen LogP contribution in [0.4, 0.5) is 0 Å². The summed E-state index contributed by atoms with van der Waals surface area (Å²) in [5.41, 5.74) is 0.515. The molecule has 0 heterocycles. The Labute approximate surface area is 92.1 Å². The van der Waals surface area contributed by atoms with Gasteiger partial charge in [-0.25, -0.2) is 4.79 Å². The van der Waals surface area contributed by atoms with E-state index in [1.165, 1.54) is 7.05 Å². The number of nitrogens with zero attached hydrogens (tertiary/aromatic N) is 1. The molecule has 0 saturated heterocycles. The molecule has 0 saturated carbocycles. The lowest BCUT2D eigenvalue weighted by Gasteiger charge is -2.20. The molecule has 0 spiro atoms. The normalized spacial score (nSPS) is 11.9. The van der Waals surface area contributed by atoms with Gasteiger partial charge in [-0.3, -0.25) is 4.79 Å². The molecule has 0 aliphatic rings. The first kappa shape index (κ1) is 11.5. The minimum atomic E-state index is -1.08. The molecule has 1 unspecified atom stereocenters. The second-order valence-electron chi connectivity index (χ2n) is 3.06. The van der Waals surface area contributed by atoms with Gasteiger partial charge in [0.1, 0.15) is 0 Å². The van der Waals surface area contributed by atoms with Crippen LogP contribution in [0.1, 0.15) is 11.6 Å². The van der Waals surface area contributed by atoms with Gasteiger partial charge in [0.25, 0.3) is 0 Å². The Morgan fingerprint density at radius 1 is 1.47 bits per heavy atom. The molecule has 0 radical (unpaired) electrons. The average molecular weight is 228 g/mol. The van der Waals surface area contributed by atoms with Crippen molar-refractivity contribution in [2.24, 2.45) is 0 Å². The zero-order valence-electron chi connectivity index (χ0n) is 8.05. The third kappa shape index (κ3) is 2.70. The average Bonchev–Trinajstić information content (AvgIpc) is 2.20. The Morgan fingerprint density at radius 2 is 2.00 bits per heavy atom. The van der Waals surface area contributed by atoms with E-state index in [9.17, 15) is 9.59 Å². The standard InChI is InChI=1S/C10H10ClNO3/c1-12(6-13)9(10(14)15)7-2-4-8(11)5-3-7/h2-6,9H,1H3,(H,14,15). The van der Waals surface area contributed by atoms with Crippen LogP contribution in [0.15, 0.2) is 24.3 Å². The molecule has 80 valence electrons. The number of hydrogen-bond donors (Lipinski definition) is 1. The summed E-state index contributed by atoms with van der Waals surface area (Å²) in [6.07, 6.45) is 0.480. The fourth-order valence-electron chi connectivity index (χ4n) is 1.26. The number of rotatable bonds is 4. The molecule has 0 aromatic heterocycles. The van der Waals surface area contributed by atoms with Crippen molar-refractivity contribution in [3.63, 3.8) is 0 Å². The third-order valence-electron chi connectivity index (χ3n) is 1.99. The van der Waals surface area contributed by atoms with Crippen LogP contribution in [0.25, 0.3) is 0 Å². The smallest absolute Gasteiger partial charge is 0.331 e. The fraction of sp³-hybridized carbons (Fsp3) is 0.200. The van der Waals surface area contributed by atoms with Crippen molar-refractivity contribution in [2.45, 2.75) is 6.04 Å². The van der Waals surface area contributed by atoms with Gasteiger partial charge in [0.05, 0.1) is 0 Å². The molecule has 5 heteroatoms. The second-order valence-corrected chi connectivity index (χ2v) is 3.50. The number of halogens is 1. The molecule has 1 aromatic carbocycles. The Hall–Kier alpha value is -1.55. The zero-order chi connectivity index (χ0) is 11.4. The minimum absolute atomic E-state index is 0.480. The molecular formula is C10H10ClNO3. The largest absolute Gasteiger partial charge is 0.479 e. The van der Waals surface area contributed by atoms with E-state index < -0.39 is 12.0 Å². The summed E-state index contributed by atoms with van der Waals surface area (Å²) in [4.78, 5) is 22.6. The summed E-state index contributed by atoms with van der Waals surface area (Å²) in [5.74, 6) is -1.08. The topological polar surface area (TPSA) is 57.6 Å². The Balaban J connectivity index is 3.04. The van der Waals surface area contributed by atoms with Gasteiger partial charge in [-0.2, -0.15) is 0 Å². The second kappa shape index (κ2) is 4.79. The number of benzene rings is 1. The number of likely N-dealkylation sites (N-methyl/N-ethyl adjacent to an activating group) is 1. The van der Waals surface area contributed by atoms with E-state index in [2.05, 4.69) is 0 Å². The summed E-state index contributed by atoms with van der Waals surface area (Å²) in [7, 11) is 1.42. The van der Waals surface area contributed by atoms with E-state index in [0.29, 0.717) is 17.0 Å². The van der Waals surface area contributed by atoms with Gasteiger partial charge in [-0.1, -0.05) is 23.7 Å². The van der Waals surface area contributed by atoms with Crippen molar-refractivity contribution >= 4 is 24.0 Å². The van der Waals surface area contributed by atoms with Crippen LogP contribution in [-0.2, 0) is 9.59 Å². The van der Waals surface area contributed by atoms with Crippen molar-refractivity contribution in [3.05, 3.63) is 34.9 Å². The van der Waals surface area contributed by atoms with Crippen LogP contribution < -0.4 is 0 Å². The first-order valence-electron chi connectivity index (χ1n) is 4.21. The van der Waals surface area contributed by atoms with Crippen molar-refractivity contribution in [3.8, 4) is 0 Å². The number of aliphatic carboxylic acids is 1. The Kier molecular flexibility index (Phi) is 3.68. The Bertz CT molecular complexity index is 363. The van der Waals surface area contributed by atoms with E-state index in [4.69, 9.17) is 16.7 Å². The molecule has 1 amide bonds. The SMILES string of the molecule is CN(C=O)C(C(=O)O)c1ccc(Cl)cc1. The summed E-state index contributed by atoms with van der Waals surface area (Å²) >= 11 is 5.68. The highest BCUT2D eigenvalue weighted by atomic mass is 35.5. The molecule has 1 aromatic rings. The van der Waals surface area contributed by atoms with Crippen molar-refractivity contribution in [1.29, 1.82) is 0 Å². The summed E-state index contributed by atoms with van der Waals surface area (Å²) in [6.45, 7) is 0. The molecule has 1 rings (SSSR count). The molecule has 0 aliphatic carbocycles. The van der Waals surface area contributed by atoms with E-state index in [1.54, 1.807) is 24.3 Å². The van der Waals surface area contributed by atoms with E-state index in [1.807, 2.05) is 0 Å². The molecule has 0 bridgehead atoms. The predicted octanol–water partition coefficient (Wildman–Crippen LogP) is 1.55. The minimum Gasteiger partial charge on any atom is -0.479 e. The highest BCUT2D eigenvalue weighted by molar-refractivity contribution is 6.30. The van der Waals surface area contributed by atoms with Crippen LogP contribution in [0.2, 0.25) is 5.02 Å². The van der Waals surface area contributed by atoms with Gasteiger partial charge in [0.15, 0.2) is 6.04 Å². The summed E-state index contributed by atoms with van der Waals surface area (Å²) < 4.78 is 0. The molecule has 1 atom stereocenters. The lowest BCUT2D eigenvalue weighted by molar-refractivity contribution is -0.145. The molecule has 4 nitrogen and oxygen atoms in total. The van der Waals surface area contributed by atoms with Crippen LogP contribution in [0, 0.1) is 0 Å².